The van der Waals surface area contributed by atoms with Gasteiger partial charge < -0.3 is 10.0 Å². The van der Waals surface area contributed by atoms with E-state index in [0.29, 0.717) is 23.7 Å². The van der Waals surface area contributed by atoms with Crippen LogP contribution in [0.25, 0.3) is 0 Å². The highest BCUT2D eigenvalue weighted by Gasteiger charge is 2.11. The van der Waals surface area contributed by atoms with E-state index in [4.69, 9.17) is 16.7 Å². The first-order chi connectivity index (χ1) is 7.74. The molecule has 0 aliphatic heterocycles. The number of halogens is 1. The van der Waals surface area contributed by atoms with Crippen molar-refractivity contribution in [3.05, 3.63) is 41.4 Å². The molecule has 0 bridgehead atoms. The van der Waals surface area contributed by atoms with Crippen LogP contribution in [0.2, 0.25) is 5.02 Å². The van der Waals surface area contributed by atoms with E-state index < -0.39 is 0 Å². The summed E-state index contributed by atoms with van der Waals surface area (Å²) in [6.07, 6.45) is 2.44. The van der Waals surface area contributed by atoms with Gasteiger partial charge in [-0.15, -0.1) is 6.58 Å². The lowest BCUT2D eigenvalue weighted by molar-refractivity contribution is 0.112. The first-order valence-corrected chi connectivity index (χ1v) is 5.32. The van der Waals surface area contributed by atoms with Gasteiger partial charge in [0.25, 0.3) is 0 Å². The molecular formula is C12H14ClNO2. The fourth-order valence-corrected chi connectivity index (χ4v) is 1.72. The maximum absolute atomic E-state index is 11.0. The van der Waals surface area contributed by atoms with Crippen molar-refractivity contribution in [2.75, 3.05) is 24.6 Å². The second-order valence-electron chi connectivity index (χ2n) is 3.25. The molecule has 1 N–H and O–H groups in total. The summed E-state index contributed by atoms with van der Waals surface area (Å²) in [4.78, 5) is 12.8. The van der Waals surface area contributed by atoms with E-state index in [0.717, 1.165) is 12.0 Å². The molecule has 16 heavy (non-hydrogen) atoms. The minimum atomic E-state index is 0.0126. The third-order valence-corrected chi connectivity index (χ3v) is 2.54. The van der Waals surface area contributed by atoms with Crippen LogP contribution in [-0.4, -0.2) is 31.1 Å². The number of hydrogen-bond acceptors (Lipinski definition) is 3. The van der Waals surface area contributed by atoms with Gasteiger partial charge in [0.2, 0.25) is 0 Å². The highest BCUT2D eigenvalue weighted by molar-refractivity contribution is 6.33. The Labute approximate surface area is 100.0 Å². The van der Waals surface area contributed by atoms with Gasteiger partial charge in [0, 0.05) is 18.8 Å². The lowest BCUT2D eigenvalue weighted by atomic mass is 10.1. The Kier molecular flexibility index (Phi) is 5.02. The molecule has 3 nitrogen and oxygen atoms in total. The smallest absolute Gasteiger partial charge is 0.153 e. The number of hydrogen-bond donors (Lipinski definition) is 1. The Morgan fingerprint density at radius 1 is 1.50 bits per heavy atom. The Morgan fingerprint density at radius 3 is 2.81 bits per heavy atom. The number of nitrogens with zero attached hydrogens (tertiary/aromatic N) is 1. The number of aliphatic hydroxyl groups excluding tert-OH is 1. The molecule has 0 saturated carbocycles. The predicted octanol–water partition coefficient (Wildman–Crippen LogP) is 2.14. The van der Waals surface area contributed by atoms with Crippen molar-refractivity contribution in [1.29, 1.82) is 0 Å². The summed E-state index contributed by atoms with van der Waals surface area (Å²) in [5.41, 5.74) is 1.16. The van der Waals surface area contributed by atoms with E-state index in [1.165, 1.54) is 0 Å². The summed E-state index contributed by atoms with van der Waals surface area (Å²) >= 11 is 5.93. The standard InChI is InChI=1S/C12H14ClNO2/c1-2-6-14(7-8-15)12-5-3-4-11(13)10(12)9-16/h2-5,9,15H,1,6-8H2. The zero-order chi connectivity index (χ0) is 12.0. The Balaban J connectivity index is 3.11. The van der Waals surface area contributed by atoms with Crippen LogP contribution < -0.4 is 4.90 Å². The Morgan fingerprint density at radius 2 is 2.25 bits per heavy atom. The number of benzene rings is 1. The summed E-state index contributed by atoms with van der Waals surface area (Å²) in [5.74, 6) is 0. The maximum atomic E-state index is 11.0. The fraction of sp³-hybridized carbons (Fsp3) is 0.250. The second kappa shape index (κ2) is 6.30. The van der Waals surface area contributed by atoms with Crippen molar-refractivity contribution in [2.24, 2.45) is 0 Å². The van der Waals surface area contributed by atoms with Gasteiger partial charge in [0.15, 0.2) is 6.29 Å². The van der Waals surface area contributed by atoms with E-state index in [1.54, 1.807) is 24.3 Å². The highest BCUT2D eigenvalue weighted by Crippen LogP contribution is 2.25. The number of carbonyl (C=O) groups excluding carboxylic acids is 1. The molecule has 86 valence electrons. The van der Waals surface area contributed by atoms with E-state index in [1.807, 2.05) is 4.90 Å². The molecule has 0 radical (unpaired) electrons. The van der Waals surface area contributed by atoms with Crippen molar-refractivity contribution in [3.63, 3.8) is 0 Å². The molecule has 0 atom stereocenters. The van der Waals surface area contributed by atoms with Gasteiger partial charge in [-0.2, -0.15) is 0 Å². The molecule has 0 spiro atoms. The number of rotatable bonds is 6. The Hall–Kier alpha value is -1.32. The van der Waals surface area contributed by atoms with E-state index >= 15 is 0 Å². The summed E-state index contributed by atoms with van der Waals surface area (Å²) in [6.45, 7) is 4.65. The zero-order valence-corrected chi connectivity index (χ0v) is 9.65. The third kappa shape index (κ3) is 2.84. The normalized spacial score (nSPS) is 9.88. The summed E-state index contributed by atoms with van der Waals surface area (Å²) in [7, 11) is 0. The van der Waals surface area contributed by atoms with E-state index in [2.05, 4.69) is 6.58 Å². The molecule has 1 rings (SSSR count). The number of aliphatic hydroxyl groups is 1. The lowest BCUT2D eigenvalue weighted by Gasteiger charge is -2.24. The van der Waals surface area contributed by atoms with Gasteiger partial charge in [0.05, 0.1) is 17.2 Å². The topological polar surface area (TPSA) is 40.5 Å². The highest BCUT2D eigenvalue weighted by atomic mass is 35.5. The largest absolute Gasteiger partial charge is 0.395 e. The van der Waals surface area contributed by atoms with Crippen LogP contribution in [0.1, 0.15) is 10.4 Å². The molecule has 0 aromatic heterocycles. The molecule has 0 saturated heterocycles. The van der Waals surface area contributed by atoms with Gasteiger partial charge in [0.1, 0.15) is 0 Å². The monoisotopic (exact) mass is 239 g/mol. The summed E-state index contributed by atoms with van der Waals surface area (Å²) in [6, 6.07) is 5.24. The SMILES string of the molecule is C=CCN(CCO)c1cccc(Cl)c1C=O. The predicted molar refractivity (Wildman–Crippen MR) is 66.3 cm³/mol. The molecule has 4 heteroatoms. The maximum Gasteiger partial charge on any atom is 0.153 e. The van der Waals surface area contributed by atoms with Gasteiger partial charge in [-0.1, -0.05) is 23.7 Å². The number of carbonyl (C=O) groups is 1. The van der Waals surface area contributed by atoms with E-state index in [-0.39, 0.29) is 6.61 Å². The molecule has 0 aliphatic carbocycles. The second-order valence-corrected chi connectivity index (χ2v) is 3.66. The fourth-order valence-electron chi connectivity index (χ4n) is 1.50. The van der Waals surface area contributed by atoms with Crippen LogP contribution in [0.3, 0.4) is 0 Å². The summed E-state index contributed by atoms with van der Waals surface area (Å²) < 4.78 is 0. The average Bonchev–Trinajstić information content (AvgIpc) is 2.28. The Bertz CT molecular complexity index is 379. The van der Waals surface area contributed by atoms with Crippen molar-refractivity contribution in [3.8, 4) is 0 Å². The number of anilines is 1. The van der Waals surface area contributed by atoms with Crippen LogP contribution in [0.15, 0.2) is 30.9 Å². The van der Waals surface area contributed by atoms with Gasteiger partial charge in [-0.25, -0.2) is 0 Å². The van der Waals surface area contributed by atoms with Crippen molar-refractivity contribution in [1.82, 2.24) is 0 Å². The average molecular weight is 240 g/mol. The zero-order valence-electron chi connectivity index (χ0n) is 8.90. The first kappa shape index (κ1) is 12.7. The molecule has 0 amide bonds. The van der Waals surface area contributed by atoms with Crippen molar-refractivity contribution in [2.45, 2.75) is 0 Å². The molecule has 0 aliphatic rings. The van der Waals surface area contributed by atoms with E-state index in [9.17, 15) is 4.79 Å². The van der Waals surface area contributed by atoms with Crippen LogP contribution in [0.4, 0.5) is 5.69 Å². The van der Waals surface area contributed by atoms with Crippen LogP contribution in [-0.2, 0) is 0 Å². The molecular weight excluding hydrogens is 226 g/mol. The minimum Gasteiger partial charge on any atom is -0.395 e. The van der Waals surface area contributed by atoms with Gasteiger partial charge in [-0.05, 0) is 12.1 Å². The van der Waals surface area contributed by atoms with Gasteiger partial charge >= 0.3 is 0 Å². The molecule has 0 heterocycles. The van der Waals surface area contributed by atoms with Crippen LogP contribution in [0.5, 0.6) is 0 Å². The number of aldehydes is 1. The van der Waals surface area contributed by atoms with Crippen LogP contribution >= 0.6 is 11.6 Å². The first-order valence-electron chi connectivity index (χ1n) is 4.95. The van der Waals surface area contributed by atoms with Crippen LogP contribution in [0, 0.1) is 0 Å². The molecule has 1 aromatic rings. The van der Waals surface area contributed by atoms with Crippen molar-refractivity contribution >= 4 is 23.6 Å². The minimum absolute atomic E-state index is 0.0126. The molecule has 0 fully saturated rings. The molecule has 1 aromatic carbocycles. The van der Waals surface area contributed by atoms with Gasteiger partial charge in [-0.3, -0.25) is 4.79 Å². The summed E-state index contributed by atoms with van der Waals surface area (Å²) in [5, 5.41) is 9.38. The lowest BCUT2D eigenvalue weighted by Crippen LogP contribution is -2.27. The third-order valence-electron chi connectivity index (χ3n) is 2.21. The van der Waals surface area contributed by atoms with Crippen molar-refractivity contribution < 1.29 is 9.90 Å². The molecule has 0 unspecified atom stereocenters. The quantitative estimate of drug-likeness (QED) is 0.611.